The summed E-state index contributed by atoms with van der Waals surface area (Å²) in [6.07, 6.45) is 1.81. The van der Waals surface area contributed by atoms with E-state index < -0.39 is 0 Å². The number of halogens is 2. The fourth-order valence-electron chi connectivity index (χ4n) is 1.07. The Labute approximate surface area is 104 Å². The van der Waals surface area contributed by atoms with Crippen LogP contribution < -0.4 is 0 Å². The van der Waals surface area contributed by atoms with Crippen LogP contribution in [0.25, 0.3) is 11.4 Å². The molecule has 2 nitrogen and oxygen atoms in total. The molecule has 4 heteroatoms. The summed E-state index contributed by atoms with van der Waals surface area (Å²) < 4.78 is 1.86. The lowest BCUT2D eigenvalue weighted by Crippen LogP contribution is -1.90. The Balaban J connectivity index is 2.48. The first-order valence-corrected chi connectivity index (χ1v) is 5.88. The molecule has 0 atom stereocenters. The van der Waals surface area contributed by atoms with Gasteiger partial charge in [-0.2, -0.15) is 0 Å². The molecule has 0 saturated carbocycles. The monoisotopic (exact) mass is 360 g/mol. The van der Waals surface area contributed by atoms with Crippen molar-refractivity contribution in [3.8, 4) is 11.4 Å². The highest BCUT2D eigenvalue weighted by molar-refractivity contribution is 14.1. The summed E-state index contributed by atoms with van der Waals surface area (Å²) in [5, 5.41) is 0. The highest BCUT2D eigenvalue weighted by Gasteiger charge is 2.03. The van der Waals surface area contributed by atoms with E-state index in [4.69, 9.17) is 0 Å². The zero-order chi connectivity index (χ0) is 9.97. The fraction of sp³-hybridized carbons (Fsp3) is 0. The molecule has 1 heterocycles. The predicted molar refractivity (Wildman–Crippen MR) is 67.9 cm³/mol. The van der Waals surface area contributed by atoms with Gasteiger partial charge in [0.25, 0.3) is 0 Å². The molecule has 2 aromatic rings. The summed E-state index contributed by atoms with van der Waals surface area (Å²) in [5.41, 5.74) is 1.03. The van der Waals surface area contributed by atoms with Crippen LogP contribution >= 0.6 is 38.5 Å². The van der Waals surface area contributed by atoms with Gasteiger partial charge in [-0.05, 0) is 38.5 Å². The molecule has 0 radical (unpaired) electrons. The quantitative estimate of drug-likeness (QED) is 0.574. The summed E-state index contributed by atoms with van der Waals surface area (Å²) >= 11 is 5.57. The second-order valence-corrected chi connectivity index (χ2v) is 4.61. The summed E-state index contributed by atoms with van der Waals surface area (Å²) in [4.78, 5) is 8.60. The van der Waals surface area contributed by atoms with E-state index in [-0.39, 0.29) is 0 Å². The molecule has 0 aliphatic carbocycles. The Hall–Kier alpha value is -0.490. The first-order chi connectivity index (χ1) is 6.77. The molecule has 2 rings (SSSR count). The van der Waals surface area contributed by atoms with Crippen LogP contribution in [0.15, 0.2) is 41.1 Å². The largest absolute Gasteiger partial charge is 0.235 e. The van der Waals surface area contributed by atoms with Crippen LogP contribution in [0, 0.1) is 3.57 Å². The summed E-state index contributed by atoms with van der Waals surface area (Å²) in [6, 6.07) is 9.92. The molecule has 0 bridgehead atoms. The Morgan fingerprint density at radius 2 is 1.86 bits per heavy atom. The Morgan fingerprint density at radius 3 is 2.50 bits per heavy atom. The van der Waals surface area contributed by atoms with Crippen molar-refractivity contribution in [2.75, 3.05) is 0 Å². The molecule has 1 aromatic heterocycles. The van der Waals surface area contributed by atoms with Gasteiger partial charge in [0.2, 0.25) is 0 Å². The lowest BCUT2D eigenvalue weighted by Gasteiger charge is -2.00. The van der Waals surface area contributed by atoms with E-state index in [9.17, 15) is 0 Å². The van der Waals surface area contributed by atoms with Gasteiger partial charge in [0.05, 0.1) is 3.57 Å². The maximum atomic E-state index is 4.34. The third kappa shape index (κ3) is 2.12. The Bertz CT molecular complexity index is 445. The predicted octanol–water partition coefficient (Wildman–Crippen LogP) is 3.51. The average Bonchev–Trinajstić information content (AvgIpc) is 2.23. The summed E-state index contributed by atoms with van der Waals surface area (Å²) in [6.45, 7) is 0. The molecule has 0 saturated heterocycles. The molecule has 0 unspecified atom stereocenters. The smallest absolute Gasteiger partial charge is 0.160 e. The SMILES string of the molecule is Brc1nc(-c2ccccc2)ncc1I. The first kappa shape index (κ1) is 10.0. The van der Waals surface area contributed by atoms with Crippen molar-refractivity contribution in [3.05, 3.63) is 44.7 Å². The normalized spacial score (nSPS) is 10.1. The van der Waals surface area contributed by atoms with Crippen molar-refractivity contribution in [1.29, 1.82) is 0 Å². The van der Waals surface area contributed by atoms with Gasteiger partial charge < -0.3 is 0 Å². The van der Waals surface area contributed by atoms with Crippen LogP contribution in [0.3, 0.4) is 0 Å². The Kier molecular flexibility index (Phi) is 3.12. The molecule has 0 aliphatic heterocycles. The van der Waals surface area contributed by atoms with Crippen LogP contribution in [0.5, 0.6) is 0 Å². The first-order valence-electron chi connectivity index (χ1n) is 4.01. The minimum Gasteiger partial charge on any atom is -0.235 e. The number of hydrogen-bond donors (Lipinski definition) is 0. The molecule has 0 amide bonds. The topological polar surface area (TPSA) is 25.8 Å². The van der Waals surface area contributed by atoms with E-state index in [0.29, 0.717) is 0 Å². The minimum absolute atomic E-state index is 0.748. The molecular formula is C10H6BrIN2. The molecule has 0 spiro atoms. The van der Waals surface area contributed by atoms with Crippen LogP contribution in [0.4, 0.5) is 0 Å². The van der Waals surface area contributed by atoms with E-state index in [1.54, 1.807) is 6.20 Å². The van der Waals surface area contributed by atoms with Crippen LogP contribution in [0.1, 0.15) is 0 Å². The fourth-order valence-corrected chi connectivity index (χ4v) is 1.60. The lowest BCUT2D eigenvalue weighted by molar-refractivity contribution is 1.13. The number of nitrogens with zero attached hydrogens (tertiary/aromatic N) is 2. The van der Waals surface area contributed by atoms with E-state index in [0.717, 1.165) is 19.6 Å². The molecular weight excluding hydrogens is 355 g/mol. The zero-order valence-corrected chi connectivity index (χ0v) is 10.9. The number of rotatable bonds is 1. The minimum atomic E-state index is 0.748. The van der Waals surface area contributed by atoms with Crippen LogP contribution in [-0.2, 0) is 0 Å². The van der Waals surface area contributed by atoms with Gasteiger partial charge in [-0.3, -0.25) is 0 Å². The number of aromatic nitrogens is 2. The molecule has 0 aliphatic rings. The summed E-state index contributed by atoms with van der Waals surface area (Å²) in [7, 11) is 0. The zero-order valence-electron chi connectivity index (χ0n) is 7.11. The van der Waals surface area contributed by atoms with Gasteiger partial charge in [-0.15, -0.1) is 0 Å². The standard InChI is InChI=1S/C10H6BrIN2/c11-9-8(12)6-13-10(14-9)7-4-2-1-3-5-7/h1-6H. The van der Waals surface area contributed by atoms with Crippen molar-refractivity contribution in [3.63, 3.8) is 0 Å². The van der Waals surface area contributed by atoms with E-state index in [1.165, 1.54) is 0 Å². The highest BCUT2D eigenvalue weighted by atomic mass is 127. The molecule has 1 aromatic carbocycles. The molecule has 14 heavy (non-hydrogen) atoms. The van der Waals surface area contributed by atoms with Crippen molar-refractivity contribution in [2.24, 2.45) is 0 Å². The van der Waals surface area contributed by atoms with Gasteiger partial charge >= 0.3 is 0 Å². The van der Waals surface area contributed by atoms with Crippen molar-refractivity contribution >= 4 is 38.5 Å². The van der Waals surface area contributed by atoms with Gasteiger partial charge in [0.15, 0.2) is 5.82 Å². The Morgan fingerprint density at radius 1 is 1.14 bits per heavy atom. The van der Waals surface area contributed by atoms with Crippen molar-refractivity contribution < 1.29 is 0 Å². The second kappa shape index (κ2) is 4.35. The molecule has 70 valence electrons. The van der Waals surface area contributed by atoms with Crippen LogP contribution in [0.2, 0.25) is 0 Å². The third-order valence-electron chi connectivity index (χ3n) is 1.73. The number of hydrogen-bond acceptors (Lipinski definition) is 2. The average molecular weight is 361 g/mol. The van der Waals surface area contributed by atoms with Crippen LogP contribution in [-0.4, -0.2) is 9.97 Å². The lowest BCUT2D eigenvalue weighted by atomic mass is 10.2. The van der Waals surface area contributed by atoms with Gasteiger partial charge in [0.1, 0.15) is 4.60 Å². The maximum Gasteiger partial charge on any atom is 0.160 e. The third-order valence-corrected chi connectivity index (χ3v) is 3.87. The maximum absolute atomic E-state index is 4.34. The highest BCUT2D eigenvalue weighted by Crippen LogP contribution is 2.20. The van der Waals surface area contributed by atoms with Gasteiger partial charge in [-0.1, -0.05) is 30.3 Å². The van der Waals surface area contributed by atoms with Gasteiger partial charge in [0, 0.05) is 11.8 Å². The van der Waals surface area contributed by atoms with E-state index >= 15 is 0 Å². The van der Waals surface area contributed by atoms with E-state index in [1.807, 2.05) is 30.3 Å². The van der Waals surface area contributed by atoms with E-state index in [2.05, 4.69) is 48.5 Å². The molecule has 0 N–H and O–H groups in total. The van der Waals surface area contributed by atoms with Gasteiger partial charge in [-0.25, -0.2) is 9.97 Å². The molecule has 0 fully saturated rings. The number of benzene rings is 1. The van der Waals surface area contributed by atoms with Crippen molar-refractivity contribution in [1.82, 2.24) is 9.97 Å². The van der Waals surface area contributed by atoms with Crippen molar-refractivity contribution in [2.45, 2.75) is 0 Å². The summed E-state index contributed by atoms with van der Waals surface area (Å²) in [5.74, 6) is 0.748. The second-order valence-electron chi connectivity index (χ2n) is 2.70.